The van der Waals surface area contributed by atoms with E-state index in [0.717, 1.165) is 75.4 Å². The van der Waals surface area contributed by atoms with Crippen LogP contribution in [0.4, 0.5) is 10.1 Å². The number of aryl methyl sites for hydroxylation is 2. The zero-order chi connectivity index (χ0) is 24.6. The van der Waals surface area contributed by atoms with Crippen molar-refractivity contribution in [2.75, 3.05) is 44.3 Å². The van der Waals surface area contributed by atoms with Gasteiger partial charge in [0.1, 0.15) is 5.82 Å². The molecular weight excluding hydrogens is 455 g/mol. The Morgan fingerprint density at radius 2 is 1.97 bits per heavy atom. The van der Waals surface area contributed by atoms with Gasteiger partial charge in [-0.2, -0.15) is 0 Å². The second-order valence-corrected chi connectivity index (χ2v) is 11.0. The van der Waals surface area contributed by atoms with Crippen molar-refractivity contribution in [3.8, 4) is 0 Å². The van der Waals surface area contributed by atoms with E-state index >= 15 is 0 Å². The van der Waals surface area contributed by atoms with Crippen LogP contribution >= 0.6 is 11.9 Å². The van der Waals surface area contributed by atoms with Gasteiger partial charge in [-0.3, -0.25) is 4.72 Å². The van der Waals surface area contributed by atoms with Gasteiger partial charge in [-0.25, -0.2) is 4.39 Å². The highest BCUT2D eigenvalue weighted by Gasteiger charge is 2.44. The number of likely N-dealkylation sites (tertiary alicyclic amines) is 2. The van der Waals surface area contributed by atoms with Crippen molar-refractivity contribution >= 4 is 23.3 Å². The number of hydrogen-bond acceptors (Lipinski definition) is 5. The molecule has 0 bridgehead atoms. The topological polar surface area (TPSA) is 30.5 Å². The number of fused-ring (bicyclic) bond motifs is 2. The maximum atomic E-state index is 14.9. The van der Waals surface area contributed by atoms with Crippen LogP contribution in [0.25, 0.3) is 5.70 Å². The van der Waals surface area contributed by atoms with E-state index < -0.39 is 0 Å². The molecule has 2 N–H and O–H groups in total. The van der Waals surface area contributed by atoms with Crippen LogP contribution in [-0.4, -0.2) is 54.8 Å². The van der Waals surface area contributed by atoms with Crippen molar-refractivity contribution in [2.24, 2.45) is 0 Å². The zero-order valence-electron chi connectivity index (χ0n) is 21.0. The van der Waals surface area contributed by atoms with E-state index in [9.17, 15) is 4.39 Å². The molecule has 2 saturated heterocycles. The van der Waals surface area contributed by atoms with Crippen LogP contribution in [0.2, 0.25) is 0 Å². The minimum Gasteiger partial charge on any atom is -0.368 e. The molecule has 6 heteroatoms. The van der Waals surface area contributed by atoms with Gasteiger partial charge in [-0.15, -0.1) is 0 Å². The second-order valence-electron chi connectivity index (χ2n) is 10.4. The molecule has 5 rings (SSSR count). The maximum Gasteiger partial charge on any atom is 0.132 e. The Bertz CT molecular complexity index is 1120. The van der Waals surface area contributed by atoms with Crippen molar-refractivity contribution < 1.29 is 4.39 Å². The van der Waals surface area contributed by atoms with Gasteiger partial charge in [0.15, 0.2) is 0 Å². The van der Waals surface area contributed by atoms with Crippen LogP contribution in [0.15, 0.2) is 55.3 Å². The molecule has 2 aromatic carbocycles. The lowest BCUT2D eigenvalue weighted by Gasteiger charge is -2.42. The molecular formula is C29H37FN4S. The van der Waals surface area contributed by atoms with Gasteiger partial charge in [0.05, 0.1) is 6.04 Å². The molecule has 1 spiro atoms. The lowest BCUT2D eigenvalue weighted by atomic mass is 9.72. The molecule has 4 nitrogen and oxygen atoms in total. The third-order valence-electron chi connectivity index (χ3n) is 8.10. The van der Waals surface area contributed by atoms with Crippen molar-refractivity contribution in [3.63, 3.8) is 0 Å². The number of allylic oxidation sites excluding steroid dienone is 1. The largest absolute Gasteiger partial charge is 0.368 e. The smallest absolute Gasteiger partial charge is 0.132 e. The Hall–Kier alpha value is -2.28. The predicted octanol–water partition coefficient (Wildman–Crippen LogP) is 5.56. The molecule has 3 aliphatic rings. The molecule has 3 aliphatic heterocycles. The third kappa shape index (κ3) is 4.76. The third-order valence-corrected chi connectivity index (χ3v) is 8.66. The van der Waals surface area contributed by atoms with Crippen LogP contribution in [0.3, 0.4) is 0 Å². The van der Waals surface area contributed by atoms with Gasteiger partial charge < -0.3 is 15.1 Å². The number of piperidine rings is 1. The molecule has 0 aromatic heterocycles. The highest BCUT2D eigenvalue weighted by molar-refractivity contribution is 7.96. The fourth-order valence-corrected chi connectivity index (χ4v) is 6.39. The minimum atomic E-state index is -0.158. The summed E-state index contributed by atoms with van der Waals surface area (Å²) in [4.78, 5) is 4.70. The standard InChI is InChI=1S/C29H37FN4S/c1-20-7-10-28-26(16-20)29(22(3)31-28)11-14-33(15-12-29)13-5-6-23-8-9-25(27(30)17-23)21(2)34-18-24(19-34)32-35-4/h7-10,16-17,24,31-32H,2-3,5-6,11-15,18-19H2,1,4H3. The lowest BCUT2D eigenvalue weighted by Crippen LogP contribution is -2.54. The van der Waals surface area contributed by atoms with Crippen LogP contribution in [0.5, 0.6) is 0 Å². The molecule has 186 valence electrons. The van der Waals surface area contributed by atoms with Gasteiger partial charge in [-0.1, -0.05) is 48.9 Å². The number of nitrogens with one attached hydrogen (secondary N) is 2. The van der Waals surface area contributed by atoms with Crippen LogP contribution in [0, 0.1) is 12.7 Å². The summed E-state index contributed by atoms with van der Waals surface area (Å²) in [5.74, 6) is -0.158. The number of benzene rings is 2. The normalized spacial score (nSPS) is 19.5. The Balaban J connectivity index is 1.11. The van der Waals surface area contributed by atoms with Gasteiger partial charge >= 0.3 is 0 Å². The predicted molar refractivity (Wildman–Crippen MR) is 147 cm³/mol. The summed E-state index contributed by atoms with van der Waals surface area (Å²) in [5, 5.41) is 3.54. The fourth-order valence-electron chi connectivity index (χ4n) is 5.90. The average Bonchev–Trinajstić information content (AvgIpc) is 3.07. The first kappa shape index (κ1) is 24.4. The quantitative estimate of drug-likeness (QED) is 0.471. The highest BCUT2D eigenvalue weighted by atomic mass is 32.2. The number of hydrogen-bond donors (Lipinski definition) is 2. The molecule has 3 heterocycles. The van der Waals surface area contributed by atoms with E-state index in [4.69, 9.17) is 0 Å². The monoisotopic (exact) mass is 492 g/mol. The first-order valence-corrected chi connectivity index (χ1v) is 13.9. The first-order valence-electron chi connectivity index (χ1n) is 12.7. The Kier molecular flexibility index (Phi) is 6.97. The van der Waals surface area contributed by atoms with Gasteiger partial charge in [-0.05, 0) is 87.8 Å². The number of halogens is 1. The summed E-state index contributed by atoms with van der Waals surface area (Å²) in [6, 6.07) is 12.8. The van der Waals surface area contributed by atoms with Crippen LogP contribution in [0.1, 0.15) is 41.5 Å². The first-order chi connectivity index (χ1) is 16.9. The summed E-state index contributed by atoms with van der Waals surface area (Å²) in [6.07, 6.45) is 6.16. The van der Waals surface area contributed by atoms with Crippen LogP contribution < -0.4 is 10.0 Å². The Morgan fingerprint density at radius 3 is 2.69 bits per heavy atom. The van der Waals surface area contributed by atoms with E-state index in [-0.39, 0.29) is 11.2 Å². The molecule has 35 heavy (non-hydrogen) atoms. The van der Waals surface area contributed by atoms with Gasteiger partial charge in [0, 0.05) is 41.1 Å². The van der Waals surface area contributed by atoms with Crippen molar-refractivity contribution in [2.45, 2.75) is 44.1 Å². The van der Waals surface area contributed by atoms with Crippen LogP contribution in [-0.2, 0) is 11.8 Å². The minimum absolute atomic E-state index is 0.0706. The molecule has 0 amide bonds. The van der Waals surface area contributed by atoms with Crippen molar-refractivity contribution in [1.29, 1.82) is 0 Å². The van der Waals surface area contributed by atoms with Gasteiger partial charge in [0.25, 0.3) is 0 Å². The summed E-state index contributed by atoms with van der Waals surface area (Å²) >= 11 is 1.63. The van der Waals surface area contributed by atoms with Crippen molar-refractivity contribution in [1.82, 2.24) is 14.5 Å². The highest BCUT2D eigenvalue weighted by Crippen LogP contribution is 2.49. The molecule has 2 fully saturated rings. The molecule has 0 saturated carbocycles. The molecule has 0 atom stereocenters. The summed E-state index contributed by atoms with van der Waals surface area (Å²) in [6.45, 7) is 15.6. The zero-order valence-corrected chi connectivity index (χ0v) is 21.8. The summed E-state index contributed by atoms with van der Waals surface area (Å²) in [7, 11) is 0. The summed E-state index contributed by atoms with van der Waals surface area (Å²) < 4.78 is 18.2. The Morgan fingerprint density at radius 1 is 1.20 bits per heavy atom. The number of rotatable bonds is 8. The van der Waals surface area contributed by atoms with E-state index in [0.29, 0.717) is 11.6 Å². The van der Waals surface area contributed by atoms with E-state index in [1.54, 1.807) is 18.0 Å². The van der Waals surface area contributed by atoms with Gasteiger partial charge in [0.2, 0.25) is 0 Å². The van der Waals surface area contributed by atoms with E-state index in [1.807, 2.05) is 12.3 Å². The average molecular weight is 493 g/mol. The Labute approximate surface area is 213 Å². The maximum absolute atomic E-state index is 14.9. The molecule has 0 radical (unpaired) electrons. The summed E-state index contributed by atoms with van der Waals surface area (Å²) in [5.41, 5.74) is 7.67. The second kappa shape index (κ2) is 10.00. The van der Waals surface area contributed by atoms with Crippen molar-refractivity contribution in [3.05, 3.63) is 83.3 Å². The molecule has 0 aliphatic carbocycles. The number of anilines is 1. The van der Waals surface area contributed by atoms with E-state index in [2.05, 4.69) is 64.2 Å². The fraction of sp³-hybridized carbons (Fsp3) is 0.448. The molecule has 2 aromatic rings. The molecule has 0 unspecified atom stereocenters. The SMILES string of the molecule is C=C(c1ccc(CCCN2CCC3(CC2)C(=C)Nc2ccc(C)cc23)cc1F)N1CC(NSC)C1. The lowest BCUT2D eigenvalue weighted by molar-refractivity contribution is 0.179. The van der Waals surface area contributed by atoms with E-state index in [1.165, 1.54) is 16.8 Å². The number of nitrogens with zero attached hydrogens (tertiary/aromatic N) is 2.